The number of halogens is 1. The predicted molar refractivity (Wildman–Crippen MR) is 88.5 cm³/mol. The Bertz CT molecular complexity index is 584. The van der Waals surface area contributed by atoms with Crippen LogP contribution in [0.5, 0.6) is 0 Å². The van der Waals surface area contributed by atoms with Crippen molar-refractivity contribution in [2.75, 3.05) is 20.8 Å². The van der Waals surface area contributed by atoms with Gasteiger partial charge in [-0.1, -0.05) is 32.9 Å². The first-order valence-electron chi connectivity index (χ1n) is 8.01. The molecule has 1 heterocycles. The van der Waals surface area contributed by atoms with Gasteiger partial charge in [-0.3, -0.25) is 0 Å². The molecule has 134 valence electrons. The first-order valence-corrected chi connectivity index (χ1v) is 8.01. The third kappa shape index (κ3) is 3.13. The summed E-state index contributed by atoms with van der Waals surface area (Å²) in [5.74, 6) is -0.325. The number of nitrogens with zero attached hydrogens (tertiary/aromatic N) is 1. The first kappa shape index (κ1) is 18.7. The lowest BCUT2D eigenvalue weighted by molar-refractivity contribution is -0.192. The van der Waals surface area contributed by atoms with Crippen LogP contribution in [-0.2, 0) is 15.1 Å². The van der Waals surface area contributed by atoms with Gasteiger partial charge in [0.1, 0.15) is 17.5 Å². The van der Waals surface area contributed by atoms with E-state index in [2.05, 4.69) is 0 Å². The lowest BCUT2D eigenvalue weighted by Crippen LogP contribution is -2.66. The maximum absolute atomic E-state index is 13.3. The number of benzene rings is 1. The molecule has 6 heteroatoms. The molecule has 1 saturated heterocycles. The zero-order valence-electron chi connectivity index (χ0n) is 14.9. The molecule has 0 aromatic heterocycles. The molecule has 1 amide bonds. The molecule has 0 saturated carbocycles. The number of carbonyl (C=O) groups is 1. The molecule has 1 fully saturated rings. The van der Waals surface area contributed by atoms with E-state index in [1.54, 1.807) is 26.4 Å². The average molecular weight is 339 g/mol. The van der Waals surface area contributed by atoms with E-state index in [4.69, 9.17) is 9.47 Å². The van der Waals surface area contributed by atoms with Crippen molar-refractivity contribution in [2.24, 2.45) is 5.41 Å². The van der Waals surface area contributed by atoms with E-state index in [1.807, 2.05) is 20.8 Å². The number of carboxylic acid groups (broad SMARTS) is 1. The molecule has 24 heavy (non-hydrogen) atoms. The minimum atomic E-state index is -0.971. The normalized spacial score (nSPS) is 28.0. The highest BCUT2D eigenvalue weighted by atomic mass is 19.1. The predicted octanol–water partition coefficient (Wildman–Crippen LogP) is 3.48. The Labute approximate surface area is 142 Å². The molecule has 0 spiro atoms. The van der Waals surface area contributed by atoms with Crippen molar-refractivity contribution in [3.8, 4) is 0 Å². The number of methoxy groups -OCH3 is 2. The lowest BCUT2D eigenvalue weighted by atomic mass is 9.70. The van der Waals surface area contributed by atoms with Crippen LogP contribution in [0.15, 0.2) is 24.3 Å². The number of piperidine rings is 1. The van der Waals surface area contributed by atoms with Crippen molar-refractivity contribution < 1.29 is 23.8 Å². The van der Waals surface area contributed by atoms with E-state index in [0.717, 1.165) is 5.56 Å². The zero-order valence-corrected chi connectivity index (χ0v) is 14.9. The Kier molecular flexibility index (Phi) is 5.20. The van der Waals surface area contributed by atoms with Gasteiger partial charge >= 0.3 is 6.09 Å². The molecule has 5 nitrogen and oxygen atoms in total. The summed E-state index contributed by atoms with van der Waals surface area (Å²) in [5, 5.41) is 9.62. The van der Waals surface area contributed by atoms with Crippen molar-refractivity contribution in [2.45, 2.75) is 44.9 Å². The summed E-state index contributed by atoms with van der Waals surface area (Å²) >= 11 is 0. The molecular weight excluding hydrogens is 313 g/mol. The maximum atomic E-state index is 13.3. The Hall–Kier alpha value is -1.66. The number of ether oxygens (including phenoxy) is 2. The van der Waals surface area contributed by atoms with Crippen LogP contribution >= 0.6 is 0 Å². The van der Waals surface area contributed by atoms with Crippen molar-refractivity contribution in [1.82, 2.24) is 4.90 Å². The molecule has 1 aromatic rings. The second-order valence-electron chi connectivity index (χ2n) is 7.29. The van der Waals surface area contributed by atoms with Gasteiger partial charge in [-0.15, -0.1) is 0 Å². The standard InChI is InChI=1S/C18H26FNO4/c1-17(2,3)14-15(23-4)18(24-5,10-11-20(14)16(21)22)12-6-8-13(19)9-7-12/h6-9,14-15H,10-11H2,1-5H3,(H,21,22)/t14?,15-,18-/m1/s1. The molecule has 0 bridgehead atoms. The summed E-state index contributed by atoms with van der Waals surface area (Å²) in [6.07, 6.45) is -1.05. The van der Waals surface area contributed by atoms with E-state index in [-0.39, 0.29) is 11.2 Å². The largest absolute Gasteiger partial charge is 0.465 e. The highest BCUT2D eigenvalue weighted by Crippen LogP contribution is 2.45. The van der Waals surface area contributed by atoms with Gasteiger partial charge in [-0.2, -0.15) is 0 Å². The van der Waals surface area contributed by atoms with Gasteiger partial charge in [-0.25, -0.2) is 9.18 Å². The summed E-state index contributed by atoms with van der Waals surface area (Å²) in [7, 11) is 3.15. The monoisotopic (exact) mass is 339 g/mol. The SMILES string of the molecule is CO[C@@H]1C(C(C)(C)C)N(C(=O)O)CC[C@@]1(OC)c1ccc(F)cc1. The number of amides is 1. The van der Waals surface area contributed by atoms with Crippen LogP contribution in [0.25, 0.3) is 0 Å². The fourth-order valence-electron chi connectivity index (χ4n) is 3.82. The van der Waals surface area contributed by atoms with Crippen molar-refractivity contribution >= 4 is 6.09 Å². The Morgan fingerprint density at radius 3 is 2.29 bits per heavy atom. The molecule has 3 atom stereocenters. The van der Waals surface area contributed by atoms with Crippen LogP contribution in [0.4, 0.5) is 9.18 Å². The van der Waals surface area contributed by atoms with Crippen LogP contribution in [0.2, 0.25) is 0 Å². The van der Waals surface area contributed by atoms with E-state index in [1.165, 1.54) is 17.0 Å². The molecular formula is C18H26FNO4. The lowest BCUT2D eigenvalue weighted by Gasteiger charge is -2.54. The van der Waals surface area contributed by atoms with E-state index in [9.17, 15) is 14.3 Å². The molecule has 1 aromatic carbocycles. The highest BCUT2D eigenvalue weighted by molar-refractivity contribution is 5.66. The summed E-state index contributed by atoms with van der Waals surface area (Å²) in [5.41, 5.74) is -0.395. The second kappa shape index (κ2) is 6.69. The quantitative estimate of drug-likeness (QED) is 0.916. The fraction of sp³-hybridized carbons (Fsp3) is 0.611. The molecule has 1 N–H and O–H groups in total. The van der Waals surface area contributed by atoms with Gasteiger partial charge in [0.25, 0.3) is 0 Å². The Morgan fingerprint density at radius 1 is 1.29 bits per heavy atom. The number of hydrogen-bond acceptors (Lipinski definition) is 3. The molecule has 1 aliphatic rings. The number of hydrogen-bond donors (Lipinski definition) is 1. The van der Waals surface area contributed by atoms with Crippen molar-refractivity contribution in [3.63, 3.8) is 0 Å². The van der Waals surface area contributed by atoms with E-state index >= 15 is 0 Å². The summed E-state index contributed by atoms with van der Waals surface area (Å²) < 4.78 is 25.0. The molecule has 0 radical (unpaired) electrons. The zero-order chi connectivity index (χ0) is 18.1. The summed E-state index contributed by atoms with van der Waals surface area (Å²) in [6.45, 7) is 6.27. The third-order valence-corrected chi connectivity index (χ3v) is 4.89. The van der Waals surface area contributed by atoms with Crippen LogP contribution < -0.4 is 0 Å². The summed E-state index contributed by atoms with van der Waals surface area (Å²) in [6, 6.07) is 5.73. The minimum absolute atomic E-state index is 0.322. The summed E-state index contributed by atoms with van der Waals surface area (Å²) in [4.78, 5) is 13.2. The Morgan fingerprint density at radius 2 is 1.88 bits per heavy atom. The second-order valence-corrected chi connectivity index (χ2v) is 7.29. The van der Waals surface area contributed by atoms with Gasteiger partial charge in [-0.05, 0) is 23.1 Å². The van der Waals surface area contributed by atoms with Crippen LogP contribution in [-0.4, -0.2) is 49.0 Å². The van der Waals surface area contributed by atoms with Gasteiger partial charge in [0, 0.05) is 27.2 Å². The van der Waals surface area contributed by atoms with E-state index < -0.39 is 23.8 Å². The van der Waals surface area contributed by atoms with Gasteiger partial charge in [0.2, 0.25) is 0 Å². The highest BCUT2D eigenvalue weighted by Gasteiger charge is 2.55. The third-order valence-electron chi connectivity index (χ3n) is 4.89. The van der Waals surface area contributed by atoms with Crippen LogP contribution in [0, 0.1) is 11.2 Å². The van der Waals surface area contributed by atoms with Crippen molar-refractivity contribution in [1.29, 1.82) is 0 Å². The Balaban J connectivity index is 2.56. The number of likely N-dealkylation sites (tertiary alicyclic amines) is 1. The van der Waals surface area contributed by atoms with Gasteiger partial charge in [0.15, 0.2) is 0 Å². The van der Waals surface area contributed by atoms with Gasteiger partial charge in [0.05, 0.1) is 6.04 Å². The molecule has 0 aliphatic carbocycles. The number of rotatable bonds is 3. The van der Waals surface area contributed by atoms with Crippen LogP contribution in [0.3, 0.4) is 0 Å². The topological polar surface area (TPSA) is 59.0 Å². The maximum Gasteiger partial charge on any atom is 0.407 e. The molecule has 1 unspecified atom stereocenters. The van der Waals surface area contributed by atoms with Crippen molar-refractivity contribution in [3.05, 3.63) is 35.6 Å². The molecule has 2 rings (SSSR count). The van der Waals surface area contributed by atoms with Gasteiger partial charge < -0.3 is 19.5 Å². The fourth-order valence-corrected chi connectivity index (χ4v) is 3.82. The van der Waals surface area contributed by atoms with Crippen LogP contribution in [0.1, 0.15) is 32.8 Å². The minimum Gasteiger partial charge on any atom is -0.465 e. The molecule has 1 aliphatic heterocycles. The first-order chi connectivity index (χ1) is 11.2. The average Bonchev–Trinajstić information content (AvgIpc) is 2.52. The van der Waals surface area contributed by atoms with E-state index in [0.29, 0.717) is 13.0 Å². The smallest absolute Gasteiger partial charge is 0.407 e.